The van der Waals surface area contributed by atoms with Gasteiger partial charge in [0.25, 0.3) is 0 Å². The Morgan fingerprint density at radius 3 is 1.62 bits per heavy atom. The topological polar surface area (TPSA) is 40.5 Å². The van der Waals surface area contributed by atoms with Crippen molar-refractivity contribution in [3.8, 4) is 11.1 Å². The summed E-state index contributed by atoms with van der Waals surface area (Å²) >= 11 is 1.36. The molecule has 0 aromatic heterocycles. The molecule has 2 N–H and O–H groups in total. The van der Waals surface area contributed by atoms with Crippen LogP contribution in [0, 0.1) is 33.8 Å². The van der Waals surface area contributed by atoms with E-state index in [1.807, 2.05) is 0 Å². The normalized spacial score (nSPS) is 13.8. The first-order valence-electron chi connectivity index (χ1n) is 12.7. The van der Waals surface area contributed by atoms with Gasteiger partial charge in [0.15, 0.2) is 0 Å². The van der Waals surface area contributed by atoms with Gasteiger partial charge in [-0.2, -0.15) is 17.2 Å². The van der Waals surface area contributed by atoms with Crippen molar-refractivity contribution in [2.45, 2.75) is 87.4 Å². The second kappa shape index (κ2) is 19.6. The molecular formula is C35H52O2SiZr-4. The van der Waals surface area contributed by atoms with Crippen LogP contribution in [0.3, 0.4) is 0 Å². The zero-order chi connectivity index (χ0) is 29.0. The van der Waals surface area contributed by atoms with Crippen molar-refractivity contribution in [1.29, 1.82) is 0 Å². The molecule has 1 atom stereocenters. The fourth-order valence-electron chi connectivity index (χ4n) is 3.42. The molecule has 0 amide bonds. The Labute approximate surface area is 258 Å². The van der Waals surface area contributed by atoms with Crippen LogP contribution in [0.15, 0.2) is 77.4 Å². The molecule has 0 saturated heterocycles. The Hall–Kier alpha value is -1.45. The monoisotopic (exact) mass is 622 g/mol. The zero-order valence-electron chi connectivity index (χ0n) is 26.7. The Bertz CT molecular complexity index is 1120. The second-order valence-electron chi connectivity index (χ2n) is 11.3. The van der Waals surface area contributed by atoms with Crippen LogP contribution in [0.2, 0.25) is 0 Å². The standard InChI is InChI=1S/C16H13.C9H13.2C4H10O.2CH3.Si.Zr/c1-12-10-14-8-5-9-15(16(14)11-12)13-6-3-2-4-7-13;1-6-5-7(2)9(4)8(6)3;2*1-4(2,3)5;;;;/h2-11H,1H3;6H,1-4H3;2*5H,1-3H3;2*1H3;;/q2*-1;;;2*-1;;. The van der Waals surface area contributed by atoms with E-state index in [9.17, 15) is 0 Å². The Morgan fingerprint density at radius 1 is 0.795 bits per heavy atom. The molecule has 0 bridgehead atoms. The summed E-state index contributed by atoms with van der Waals surface area (Å²) in [6.45, 7) is 24.3. The van der Waals surface area contributed by atoms with E-state index in [-0.39, 0.29) is 14.9 Å². The molecule has 1 aliphatic carbocycles. The van der Waals surface area contributed by atoms with E-state index < -0.39 is 11.2 Å². The second-order valence-corrected chi connectivity index (χ2v) is 11.3. The van der Waals surface area contributed by atoms with Crippen molar-refractivity contribution in [3.05, 3.63) is 104 Å². The molecule has 4 heteroatoms. The molecule has 0 fully saturated rings. The minimum absolute atomic E-state index is 0. The van der Waals surface area contributed by atoms with Gasteiger partial charge >= 0.3 is 30.2 Å². The SMILES string of the molecule is CC(C)(C)O.CC(C)(C)O.CC1=[C-]C(C)C(C)=C1C.Cc1cc2c(-c3ccccc3)cccc2[cH-]1.[CH3-].[CH3-].[Si]=[Zr]. The van der Waals surface area contributed by atoms with Crippen LogP contribution in [0.5, 0.6) is 0 Å². The molecule has 0 aliphatic heterocycles. The van der Waals surface area contributed by atoms with Crippen molar-refractivity contribution in [3.63, 3.8) is 0 Å². The number of hydrogen-bond acceptors (Lipinski definition) is 2. The fourth-order valence-corrected chi connectivity index (χ4v) is 3.42. The average molecular weight is 624 g/mol. The molecule has 2 nitrogen and oxygen atoms in total. The number of rotatable bonds is 1. The van der Waals surface area contributed by atoms with Gasteiger partial charge < -0.3 is 25.1 Å². The summed E-state index contributed by atoms with van der Waals surface area (Å²) in [5.41, 5.74) is 7.19. The predicted octanol–water partition coefficient (Wildman–Crippen LogP) is 9.33. The predicted molar refractivity (Wildman–Crippen MR) is 172 cm³/mol. The summed E-state index contributed by atoms with van der Waals surface area (Å²) < 4.78 is 0. The maximum atomic E-state index is 8.52. The molecule has 0 saturated carbocycles. The van der Waals surface area contributed by atoms with E-state index in [1.54, 1.807) is 41.5 Å². The van der Waals surface area contributed by atoms with E-state index in [0.717, 1.165) is 0 Å². The summed E-state index contributed by atoms with van der Waals surface area (Å²) in [4.78, 5) is 0. The number of aliphatic hydroxyl groups is 2. The molecule has 3 aromatic carbocycles. The zero-order valence-corrected chi connectivity index (χ0v) is 30.2. The Kier molecular flexibility index (Phi) is 21.1. The van der Waals surface area contributed by atoms with Gasteiger partial charge in [-0.15, -0.1) is 41.5 Å². The maximum absolute atomic E-state index is 8.52. The van der Waals surface area contributed by atoms with E-state index in [4.69, 9.17) is 10.2 Å². The van der Waals surface area contributed by atoms with Gasteiger partial charge in [0.05, 0.1) is 11.2 Å². The van der Waals surface area contributed by atoms with Crippen LogP contribution in [-0.4, -0.2) is 28.3 Å². The van der Waals surface area contributed by atoms with Gasteiger partial charge in [0, 0.05) is 0 Å². The molecule has 1 unspecified atom stereocenters. The van der Waals surface area contributed by atoms with Crippen LogP contribution < -0.4 is 0 Å². The van der Waals surface area contributed by atoms with E-state index >= 15 is 0 Å². The summed E-state index contributed by atoms with van der Waals surface area (Å²) in [6, 6.07) is 21.6. The van der Waals surface area contributed by atoms with Gasteiger partial charge in [-0.25, -0.2) is 5.57 Å². The summed E-state index contributed by atoms with van der Waals surface area (Å²) in [5, 5.41) is 19.7. The number of fused-ring (bicyclic) bond motifs is 1. The summed E-state index contributed by atoms with van der Waals surface area (Å²) in [6.07, 6.45) is 3.36. The Balaban J connectivity index is -0.000000484. The molecule has 0 spiro atoms. The van der Waals surface area contributed by atoms with Gasteiger partial charge in [-0.1, -0.05) is 75.6 Å². The molecule has 1 aliphatic rings. The Morgan fingerprint density at radius 2 is 1.26 bits per heavy atom. The molecule has 0 heterocycles. The van der Waals surface area contributed by atoms with Gasteiger partial charge in [-0.05, 0) is 47.1 Å². The third-order valence-corrected chi connectivity index (χ3v) is 5.22. The first kappa shape index (κ1) is 42.0. The quantitative estimate of drug-likeness (QED) is 0.209. The average Bonchev–Trinajstić information content (AvgIpc) is 3.27. The van der Waals surface area contributed by atoms with Crippen molar-refractivity contribution in [2.24, 2.45) is 5.92 Å². The molecule has 216 valence electrons. The molecular weight excluding hydrogens is 572 g/mol. The summed E-state index contributed by atoms with van der Waals surface area (Å²) in [5.74, 6) is 0.560. The summed E-state index contributed by atoms with van der Waals surface area (Å²) in [7, 11) is 0. The van der Waals surface area contributed by atoms with Gasteiger partial charge in [-0.3, -0.25) is 6.08 Å². The number of aryl methyl sites for hydroxylation is 1. The van der Waals surface area contributed by atoms with E-state index in [0.29, 0.717) is 5.92 Å². The third kappa shape index (κ3) is 18.5. The molecule has 2 radical (unpaired) electrons. The van der Waals surface area contributed by atoms with Crippen molar-refractivity contribution < 1.29 is 33.5 Å². The first-order valence-corrected chi connectivity index (χ1v) is 16.8. The van der Waals surface area contributed by atoms with Gasteiger partial charge in [0.2, 0.25) is 0 Å². The van der Waals surface area contributed by atoms with E-state index in [1.165, 1.54) is 67.5 Å². The van der Waals surface area contributed by atoms with Gasteiger partial charge in [0.1, 0.15) is 0 Å². The molecule has 3 aromatic rings. The fraction of sp³-hybridized carbons (Fsp3) is 0.400. The number of benzene rings is 2. The molecule has 4 rings (SSSR count). The molecule has 39 heavy (non-hydrogen) atoms. The third-order valence-electron chi connectivity index (χ3n) is 5.22. The van der Waals surface area contributed by atoms with Crippen LogP contribution in [-0.2, 0) is 23.3 Å². The van der Waals surface area contributed by atoms with Crippen LogP contribution in [0.25, 0.3) is 21.9 Å². The van der Waals surface area contributed by atoms with Crippen LogP contribution >= 0.6 is 0 Å². The van der Waals surface area contributed by atoms with Crippen molar-refractivity contribution >= 4 is 17.7 Å². The number of hydrogen-bond donors (Lipinski definition) is 2. The van der Waals surface area contributed by atoms with Crippen molar-refractivity contribution in [1.82, 2.24) is 0 Å². The van der Waals surface area contributed by atoms with Crippen LogP contribution in [0.4, 0.5) is 0 Å². The van der Waals surface area contributed by atoms with Crippen LogP contribution in [0.1, 0.15) is 74.8 Å². The first-order chi connectivity index (χ1) is 17.0. The number of allylic oxidation sites excluding steroid dienone is 4. The minimum atomic E-state index is -0.500. The van der Waals surface area contributed by atoms with E-state index in [2.05, 4.69) is 108 Å². The van der Waals surface area contributed by atoms with Crippen molar-refractivity contribution in [2.75, 3.05) is 0 Å².